The van der Waals surface area contributed by atoms with E-state index in [1.807, 2.05) is 12.1 Å². The third kappa shape index (κ3) is 4.32. The van der Waals surface area contributed by atoms with E-state index in [0.29, 0.717) is 5.75 Å². The maximum Gasteiger partial charge on any atom is 0.266 e. The summed E-state index contributed by atoms with van der Waals surface area (Å²) in [6.07, 6.45) is 0.192. The first-order chi connectivity index (χ1) is 16.5. The number of morpholine rings is 1. The van der Waals surface area contributed by atoms with Crippen molar-refractivity contribution in [3.63, 3.8) is 0 Å². The van der Waals surface area contributed by atoms with Crippen LogP contribution in [0.1, 0.15) is 44.7 Å². The molecule has 1 unspecified atom stereocenters. The third-order valence-electron chi connectivity index (χ3n) is 6.36. The van der Waals surface area contributed by atoms with Gasteiger partial charge in [0.25, 0.3) is 11.8 Å². The van der Waals surface area contributed by atoms with Gasteiger partial charge in [-0.15, -0.1) is 0 Å². The van der Waals surface area contributed by atoms with Crippen LogP contribution in [0.2, 0.25) is 0 Å². The number of nitrogens with one attached hydrogen (secondary N) is 1. The molecule has 1 N–H and O–H groups in total. The van der Waals surface area contributed by atoms with Crippen LogP contribution in [-0.4, -0.2) is 65.8 Å². The summed E-state index contributed by atoms with van der Waals surface area (Å²) >= 11 is 0. The molecule has 2 saturated heterocycles. The van der Waals surface area contributed by atoms with E-state index in [1.165, 1.54) is 5.56 Å². The zero-order chi connectivity index (χ0) is 23.7. The summed E-state index contributed by atoms with van der Waals surface area (Å²) in [5.41, 5.74) is 2.49. The van der Waals surface area contributed by atoms with Gasteiger partial charge in [0, 0.05) is 26.1 Å². The molecule has 176 valence electrons. The van der Waals surface area contributed by atoms with Crippen molar-refractivity contribution >= 4 is 23.6 Å². The van der Waals surface area contributed by atoms with Crippen molar-refractivity contribution in [1.82, 2.24) is 15.1 Å². The molecular formula is C25H25N3O6. The molecule has 2 fully saturated rings. The highest BCUT2D eigenvalue weighted by molar-refractivity contribution is 6.24. The first-order valence-corrected chi connectivity index (χ1v) is 11.4. The average molecular weight is 463 g/mol. The molecule has 2 aromatic rings. The van der Waals surface area contributed by atoms with Gasteiger partial charge in [-0.3, -0.25) is 34.3 Å². The molecule has 0 spiro atoms. The van der Waals surface area contributed by atoms with Gasteiger partial charge < -0.3 is 9.47 Å². The van der Waals surface area contributed by atoms with Crippen LogP contribution in [0, 0.1) is 0 Å². The molecule has 2 aromatic carbocycles. The van der Waals surface area contributed by atoms with Crippen molar-refractivity contribution in [3.8, 4) is 5.75 Å². The number of hydrogen-bond acceptors (Lipinski definition) is 7. The van der Waals surface area contributed by atoms with Crippen molar-refractivity contribution in [3.05, 3.63) is 64.7 Å². The number of imide groups is 2. The molecule has 5 rings (SSSR count). The number of carbonyl (C=O) groups is 4. The van der Waals surface area contributed by atoms with Crippen LogP contribution in [0.25, 0.3) is 0 Å². The van der Waals surface area contributed by atoms with Crippen LogP contribution in [0.5, 0.6) is 5.75 Å². The van der Waals surface area contributed by atoms with E-state index < -0.39 is 29.7 Å². The molecule has 0 bridgehead atoms. The second kappa shape index (κ2) is 9.36. The van der Waals surface area contributed by atoms with E-state index in [0.717, 1.165) is 43.3 Å². The minimum Gasteiger partial charge on any atom is -0.488 e. The number of ether oxygens (including phenoxy) is 2. The minimum absolute atomic E-state index is 0.0781. The van der Waals surface area contributed by atoms with Gasteiger partial charge in [-0.2, -0.15) is 0 Å². The number of amides is 4. The smallest absolute Gasteiger partial charge is 0.266 e. The molecule has 9 nitrogen and oxygen atoms in total. The van der Waals surface area contributed by atoms with Gasteiger partial charge in [0.2, 0.25) is 11.8 Å². The Hall–Kier alpha value is -3.56. The fourth-order valence-corrected chi connectivity index (χ4v) is 4.52. The number of nitrogens with zero attached hydrogens (tertiary/aromatic N) is 2. The molecular weight excluding hydrogens is 438 g/mol. The lowest BCUT2D eigenvalue weighted by Crippen LogP contribution is -2.54. The predicted octanol–water partition coefficient (Wildman–Crippen LogP) is 1.50. The van der Waals surface area contributed by atoms with Crippen molar-refractivity contribution in [2.45, 2.75) is 32.0 Å². The number of carbonyl (C=O) groups excluding carboxylic acids is 4. The van der Waals surface area contributed by atoms with Crippen LogP contribution in [0.4, 0.5) is 0 Å². The molecule has 3 aliphatic heterocycles. The summed E-state index contributed by atoms with van der Waals surface area (Å²) in [6, 6.07) is 11.9. The summed E-state index contributed by atoms with van der Waals surface area (Å²) in [5, 5.41) is 2.20. The first kappa shape index (κ1) is 22.2. The van der Waals surface area contributed by atoms with Crippen LogP contribution in [-0.2, 0) is 27.5 Å². The zero-order valence-corrected chi connectivity index (χ0v) is 18.6. The quantitative estimate of drug-likeness (QED) is 0.648. The normalized spacial score (nSPS) is 20.9. The zero-order valence-electron chi connectivity index (χ0n) is 18.6. The second-order valence-electron chi connectivity index (χ2n) is 8.62. The highest BCUT2D eigenvalue weighted by Crippen LogP contribution is 2.34. The highest BCUT2D eigenvalue weighted by atomic mass is 16.5. The van der Waals surface area contributed by atoms with Crippen molar-refractivity contribution in [1.29, 1.82) is 0 Å². The molecule has 3 heterocycles. The summed E-state index contributed by atoms with van der Waals surface area (Å²) in [7, 11) is 0. The minimum atomic E-state index is -1.00. The second-order valence-corrected chi connectivity index (χ2v) is 8.62. The molecule has 0 saturated carbocycles. The summed E-state index contributed by atoms with van der Waals surface area (Å²) in [4.78, 5) is 53.1. The molecule has 0 radical (unpaired) electrons. The van der Waals surface area contributed by atoms with Crippen LogP contribution in [0.15, 0.2) is 42.5 Å². The lowest BCUT2D eigenvalue weighted by molar-refractivity contribution is -0.136. The van der Waals surface area contributed by atoms with Crippen molar-refractivity contribution in [2.75, 3.05) is 26.3 Å². The van der Waals surface area contributed by atoms with Gasteiger partial charge in [0.15, 0.2) is 0 Å². The summed E-state index contributed by atoms with van der Waals surface area (Å²) in [6.45, 7) is 4.46. The Morgan fingerprint density at radius 1 is 0.941 bits per heavy atom. The van der Waals surface area contributed by atoms with E-state index >= 15 is 0 Å². The Morgan fingerprint density at radius 3 is 2.41 bits per heavy atom. The Balaban J connectivity index is 1.27. The van der Waals surface area contributed by atoms with E-state index in [2.05, 4.69) is 22.3 Å². The van der Waals surface area contributed by atoms with Crippen LogP contribution >= 0.6 is 0 Å². The topological polar surface area (TPSA) is 105 Å². The van der Waals surface area contributed by atoms with Gasteiger partial charge in [-0.05, 0) is 29.7 Å². The molecule has 0 aliphatic carbocycles. The fraction of sp³-hybridized carbons (Fsp3) is 0.360. The van der Waals surface area contributed by atoms with Gasteiger partial charge in [-0.25, -0.2) is 0 Å². The Bertz CT molecular complexity index is 1140. The largest absolute Gasteiger partial charge is 0.488 e. The number of benzene rings is 2. The Morgan fingerprint density at radius 2 is 1.68 bits per heavy atom. The Labute approximate surface area is 196 Å². The number of rotatable bonds is 6. The standard InChI is InChI=1S/C25H25N3O6/c29-21-9-8-19(23(30)26-21)28-24(31)18-2-1-3-20(22(18)25(28)32)34-15-17-6-4-16(5-7-17)14-27-10-12-33-13-11-27/h1-7,19H,8-15H2,(H,26,29,30). The molecule has 0 aromatic heterocycles. The molecule has 1 atom stereocenters. The lowest BCUT2D eigenvalue weighted by Gasteiger charge is -2.27. The third-order valence-corrected chi connectivity index (χ3v) is 6.36. The van der Waals surface area contributed by atoms with Crippen LogP contribution in [0.3, 0.4) is 0 Å². The predicted molar refractivity (Wildman–Crippen MR) is 120 cm³/mol. The number of piperidine rings is 1. The summed E-state index contributed by atoms with van der Waals surface area (Å²) in [5.74, 6) is -1.87. The molecule has 4 amide bonds. The summed E-state index contributed by atoms with van der Waals surface area (Å²) < 4.78 is 11.3. The fourth-order valence-electron chi connectivity index (χ4n) is 4.52. The molecule has 34 heavy (non-hydrogen) atoms. The van der Waals surface area contributed by atoms with Crippen molar-refractivity contribution in [2.24, 2.45) is 0 Å². The van der Waals surface area contributed by atoms with Crippen molar-refractivity contribution < 1.29 is 28.7 Å². The molecule has 3 aliphatic rings. The van der Waals surface area contributed by atoms with E-state index in [4.69, 9.17) is 9.47 Å². The maximum absolute atomic E-state index is 13.1. The average Bonchev–Trinajstić information content (AvgIpc) is 3.10. The van der Waals surface area contributed by atoms with Gasteiger partial charge in [0.05, 0.1) is 24.3 Å². The SMILES string of the molecule is O=C1CCC(N2C(=O)c3cccc(OCc4ccc(CN5CCOCC5)cc4)c3C2=O)C(=O)N1. The van der Waals surface area contributed by atoms with E-state index in [9.17, 15) is 19.2 Å². The van der Waals surface area contributed by atoms with Gasteiger partial charge >= 0.3 is 0 Å². The Kier molecular flexibility index (Phi) is 6.12. The first-order valence-electron chi connectivity index (χ1n) is 11.4. The maximum atomic E-state index is 13.1. The van der Waals surface area contributed by atoms with E-state index in [-0.39, 0.29) is 30.6 Å². The number of hydrogen-bond donors (Lipinski definition) is 1. The number of fused-ring (bicyclic) bond motifs is 1. The highest BCUT2D eigenvalue weighted by Gasteiger charge is 2.46. The van der Waals surface area contributed by atoms with Gasteiger partial charge in [-0.1, -0.05) is 30.3 Å². The molecule has 9 heteroatoms. The van der Waals surface area contributed by atoms with Crippen LogP contribution < -0.4 is 10.1 Å². The monoisotopic (exact) mass is 463 g/mol. The lowest BCUT2D eigenvalue weighted by atomic mass is 10.0. The van der Waals surface area contributed by atoms with Gasteiger partial charge in [0.1, 0.15) is 18.4 Å². The van der Waals surface area contributed by atoms with E-state index in [1.54, 1.807) is 18.2 Å².